The summed E-state index contributed by atoms with van der Waals surface area (Å²) in [6.45, 7) is 1.72. The van der Waals surface area contributed by atoms with Gasteiger partial charge >= 0.3 is 0 Å². The van der Waals surface area contributed by atoms with Crippen molar-refractivity contribution in [3.8, 4) is 0 Å². The van der Waals surface area contributed by atoms with Crippen molar-refractivity contribution < 1.29 is 2.74 Å². The van der Waals surface area contributed by atoms with E-state index in [0.717, 1.165) is 0 Å². The van der Waals surface area contributed by atoms with Crippen LogP contribution in [-0.4, -0.2) is 9.97 Å². The molecule has 0 fully saturated rings. The van der Waals surface area contributed by atoms with E-state index in [4.69, 9.17) is 2.74 Å². The van der Waals surface area contributed by atoms with E-state index in [0.29, 0.717) is 5.82 Å². The molecule has 1 rings (SSSR count). The van der Waals surface area contributed by atoms with Gasteiger partial charge in [0.1, 0.15) is 5.82 Å². The molecule has 2 nitrogen and oxygen atoms in total. The molecule has 0 aliphatic heterocycles. The van der Waals surface area contributed by atoms with Crippen LogP contribution in [-0.2, 0) is 0 Å². The molecule has 0 spiro atoms. The highest BCUT2D eigenvalue weighted by atomic mass is 14.9. The van der Waals surface area contributed by atoms with Crippen molar-refractivity contribution in [3.05, 3.63) is 18.2 Å². The molecule has 0 amide bonds. The van der Waals surface area contributed by atoms with Crippen LogP contribution in [0.4, 0.5) is 0 Å². The molecule has 0 aliphatic carbocycles. The maximum absolute atomic E-state index is 6.93. The predicted molar refractivity (Wildman–Crippen MR) is 23.3 cm³/mol. The average molecular weight is 84.1 g/mol. The molecular weight excluding hydrogens is 76.1 g/mol. The van der Waals surface area contributed by atoms with E-state index in [1.165, 1.54) is 0 Å². The minimum absolute atomic E-state index is 0.0162. The lowest BCUT2D eigenvalue weighted by Crippen LogP contribution is -1.66. The van der Waals surface area contributed by atoms with Crippen LogP contribution in [0, 0.1) is 6.92 Å². The van der Waals surface area contributed by atoms with E-state index in [2.05, 4.69) is 9.97 Å². The summed E-state index contributed by atoms with van der Waals surface area (Å²) in [5.41, 5.74) is 0. The first-order chi connectivity index (χ1) is 3.70. The molecule has 0 bridgehead atoms. The summed E-state index contributed by atoms with van der Waals surface area (Å²) < 4.78 is 13.8. The van der Waals surface area contributed by atoms with Gasteiger partial charge < -0.3 is 4.98 Å². The highest BCUT2D eigenvalue weighted by Crippen LogP contribution is 1.78. The van der Waals surface area contributed by atoms with Gasteiger partial charge in [-0.05, 0) is 6.92 Å². The van der Waals surface area contributed by atoms with Gasteiger partial charge in [-0.3, -0.25) is 0 Å². The zero-order valence-corrected chi connectivity index (χ0v) is 3.45. The van der Waals surface area contributed by atoms with Crippen LogP contribution >= 0.6 is 0 Å². The predicted octanol–water partition coefficient (Wildman–Crippen LogP) is 0.718. The van der Waals surface area contributed by atoms with Crippen LogP contribution in [0.25, 0.3) is 0 Å². The molecule has 0 atom stereocenters. The number of nitrogens with one attached hydrogen (secondary N) is 1. The molecule has 1 heterocycles. The van der Waals surface area contributed by atoms with E-state index in [1.807, 2.05) is 0 Å². The summed E-state index contributed by atoms with van der Waals surface area (Å²) in [6.07, 6.45) is 0.102. The second-order valence-electron chi connectivity index (χ2n) is 1.06. The topological polar surface area (TPSA) is 28.7 Å². The van der Waals surface area contributed by atoms with Crippen LogP contribution in [0.3, 0.4) is 0 Å². The number of hydrogen-bond acceptors (Lipinski definition) is 1. The second kappa shape index (κ2) is 1.12. The van der Waals surface area contributed by atoms with Gasteiger partial charge in [0.05, 0.1) is 2.74 Å². The molecule has 6 heavy (non-hydrogen) atoms. The zero-order chi connectivity index (χ0) is 6.15. The fourth-order valence-corrected chi connectivity index (χ4v) is 0.258. The van der Waals surface area contributed by atoms with Gasteiger partial charge in [0, 0.05) is 12.3 Å². The number of aromatic amines is 1. The van der Waals surface area contributed by atoms with Crippen molar-refractivity contribution >= 4 is 0 Å². The Morgan fingerprint density at radius 1 is 2.17 bits per heavy atom. The largest absolute Gasteiger partial charge is 0.349 e. The van der Waals surface area contributed by atoms with Crippen LogP contribution in [0.5, 0.6) is 0 Å². The molecule has 0 saturated heterocycles. The van der Waals surface area contributed by atoms with E-state index in [1.54, 1.807) is 6.92 Å². The third-order valence-corrected chi connectivity index (χ3v) is 0.523. The van der Waals surface area contributed by atoms with Gasteiger partial charge in [0.25, 0.3) is 0 Å². The monoisotopic (exact) mass is 84.1 g/mol. The van der Waals surface area contributed by atoms with Crippen LogP contribution in [0.1, 0.15) is 8.57 Å². The number of rotatable bonds is 0. The summed E-state index contributed by atoms with van der Waals surface area (Å²) in [4.78, 5) is 6.21. The van der Waals surface area contributed by atoms with E-state index >= 15 is 0 Å². The second-order valence-corrected chi connectivity index (χ2v) is 1.06. The molecule has 0 saturated carbocycles. The lowest BCUT2D eigenvalue weighted by molar-refractivity contribution is 1.15. The fourth-order valence-electron chi connectivity index (χ4n) is 0.258. The number of H-pyrrole nitrogens is 1. The Labute approximate surface area is 39.0 Å². The van der Waals surface area contributed by atoms with Crippen molar-refractivity contribution in [1.82, 2.24) is 9.97 Å². The first kappa shape index (κ1) is 1.78. The minimum Gasteiger partial charge on any atom is -0.349 e. The Morgan fingerprint density at radius 3 is 3.17 bits per heavy atom. The molecule has 2 heteroatoms. The molecule has 1 N–H and O–H groups in total. The smallest absolute Gasteiger partial charge is 0.102 e. The number of aromatic nitrogens is 2. The van der Waals surface area contributed by atoms with Crippen molar-refractivity contribution in [2.24, 2.45) is 0 Å². The summed E-state index contributed by atoms with van der Waals surface area (Å²) in [5.74, 6) is 0.625. The average Bonchev–Trinajstić information content (AvgIpc) is 1.85. The Kier molecular flexibility index (Phi) is 0.333. The van der Waals surface area contributed by atoms with Gasteiger partial charge in [-0.15, -0.1) is 0 Å². The van der Waals surface area contributed by atoms with Crippen LogP contribution in [0.2, 0.25) is 0 Å². The molecule has 0 radical (unpaired) electrons. The third-order valence-electron chi connectivity index (χ3n) is 0.523. The maximum Gasteiger partial charge on any atom is 0.102 e. The van der Waals surface area contributed by atoms with Gasteiger partial charge in [-0.25, -0.2) is 4.98 Å². The summed E-state index contributed by atoms with van der Waals surface area (Å²) in [7, 11) is 0. The highest BCUT2D eigenvalue weighted by molar-refractivity contribution is 4.80. The number of nitrogens with zero attached hydrogens (tertiary/aromatic N) is 1. The zero-order valence-electron chi connectivity index (χ0n) is 5.45. The maximum atomic E-state index is 6.93. The SMILES string of the molecule is [2H]c1nc(C)[nH]c1[2H]. The van der Waals surface area contributed by atoms with Gasteiger partial charge in [-0.2, -0.15) is 0 Å². The van der Waals surface area contributed by atoms with E-state index in [9.17, 15) is 0 Å². The number of hydrogen-bond donors (Lipinski definition) is 1. The minimum atomic E-state index is 0.0162. The van der Waals surface area contributed by atoms with E-state index < -0.39 is 0 Å². The van der Waals surface area contributed by atoms with E-state index in [-0.39, 0.29) is 12.3 Å². The van der Waals surface area contributed by atoms with Gasteiger partial charge in [-0.1, -0.05) is 0 Å². The van der Waals surface area contributed by atoms with Crippen molar-refractivity contribution in [2.45, 2.75) is 6.92 Å². The quantitative estimate of drug-likeness (QED) is 0.493. The van der Waals surface area contributed by atoms with Crippen LogP contribution < -0.4 is 0 Å². The molecule has 1 aromatic heterocycles. The molecular formula is C4H6N2. The van der Waals surface area contributed by atoms with Gasteiger partial charge in [0.2, 0.25) is 0 Å². The van der Waals surface area contributed by atoms with Crippen LogP contribution in [0.15, 0.2) is 12.3 Å². The Bertz CT molecular complexity index is 174. The Balaban J connectivity index is 3.14. The summed E-state index contributed by atoms with van der Waals surface area (Å²) >= 11 is 0. The molecule has 0 aromatic carbocycles. The molecule has 0 aliphatic rings. The third kappa shape index (κ3) is 0.407. The number of imidazole rings is 1. The molecule has 32 valence electrons. The Hall–Kier alpha value is -0.790. The van der Waals surface area contributed by atoms with Crippen molar-refractivity contribution in [3.63, 3.8) is 0 Å². The summed E-state index contributed by atoms with van der Waals surface area (Å²) in [6, 6.07) is 0. The van der Waals surface area contributed by atoms with Crippen molar-refractivity contribution in [2.75, 3.05) is 0 Å². The normalized spacial score (nSPS) is 13.5. The molecule has 0 unspecified atom stereocenters. The molecule has 1 aromatic rings. The standard InChI is InChI=1S/C4H6N2/c1-4-5-2-3-6-4/h2-3H,1H3,(H,5,6)/i2D,3D. The first-order valence-electron chi connectivity index (χ1n) is 2.70. The van der Waals surface area contributed by atoms with Crippen molar-refractivity contribution in [1.29, 1.82) is 0 Å². The number of aryl methyl sites for hydroxylation is 1. The fraction of sp³-hybridized carbons (Fsp3) is 0.250. The Morgan fingerprint density at radius 2 is 3.00 bits per heavy atom. The summed E-state index contributed by atoms with van der Waals surface area (Å²) in [5, 5.41) is 0. The highest BCUT2D eigenvalue weighted by Gasteiger charge is 1.73. The lowest BCUT2D eigenvalue weighted by atomic mass is 10.8. The first-order valence-corrected chi connectivity index (χ1v) is 1.70. The van der Waals surface area contributed by atoms with Gasteiger partial charge in [0.15, 0.2) is 0 Å². The lowest BCUT2D eigenvalue weighted by Gasteiger charge is -1.68.